The summed E-state index contributed by atoms with van der Waals surface area (Å²) in [6, 6.07) is 11.4. The Bertz CT molecular complexity index is 1060. The Morgan fingerprint density at radius 1 is 1.13 bits per heavy atom. The van der Waals surface area contributed by atoms with E-state index < -0.39 is 11.8 Å². The number of rotatable bonds is 4. The lowest BCUT2D eigenvalue weighted by Crippen LogP contribution is -2.38. The number of pyridine rings is 1. The van der Waals surface area contributed by atoms with E-state index in [1.54, 1.807) is 12.4 Å². The number of benzene rings is 1. The lowest BCUT2D eigenvalue weighted by Gasteiger charge is -2.36. The molecule has 160 valence electrons. The van der Waals surface area contributed by atoms with Crippen molar-refractivity contribution in [2.24, 2.45) is 10.9 Å². The van der Waals surface area contributed by atoms with Crippen LogP contribution in [0.1, 0.15) is 56.6 Å². The van der Waals surface area contributed by atoms with Crippen LogP contribution in [0.2, 0.25) is 5.02 Å². The predicted molar refractivity (Wildman–Crippen MR) is 120 cm³/mol. The number of allylic oxidation sites excluding steroid dienone is 2. The lowest BCUT2D eigenvalue weighted by molar-refractivity contribution is -0.150. The number of carbonyl (C=O) groups excluding carboxylic acids is 2. The molecule has 1 aliphatic heterocycles. The number of esters is 1. The highest BCUT2D eigenvalue weighted by atomic mass is 35.5. The average Bonchev–Trinajstić information content (AvgIpc) is 2.73. The zero-order valence-corrected chi connectivity index (χ0v) is 18.6. The Kier molecular flexibility index (Phi) is 6.05. The number of ether oxygens (including phenoxy) is 1. The van der Waals surface area contributed by atoms with Gasteiger partial charge in [0, 0.05) is 46.7 Å². The zero-order chi connectivity index (χ0) is 22.1. The van der Waals surface area contributed by atoms with Crippen molar-refractivity contribution in [2.45, 2.75) is 51.6 Å². The molecule has 0 spiro atoms. The third-order valence-corrected chi connectivity index (χ3v) is 6.13. The number of Topliss-reactive ketones (excluding diaryl/α,β-unsaturated/α-hetero) is 1. The first-order valence-electron chi connectivity index (χ1n) is 10.5. The number of halogens is 1. The standard InChI is InChI=1S/C25H25ClN2O3/c1-14(2)31-25(30)22-15(3)28-20-11-18(16-6-8-19(26)9-7-16)12-21(29)24(20)23(22)17-5-4-10-27-13-17/h4-10,13-14,18,22-23H,11-12H2,1-3H3/t18-,22?,23-/m1/s1. The molecular weight excluding hydrogens is 412 g/mol. The fourth-order valence-corrected chi connectivity index (χ4v) is 4.69. The topological polar surface area (TPSA) is 68.6 Å². The molecule has 2 aromatic rings. The number of hydrogen-bond acceptors (Lipinski definition) is 5. The van der Waals surface area contributed by atoms with Crippen LogP contribution in [-0.4, -0.2) is 28.6 Å². The van der Waals surface area contributed by atoms with Crippen LogP contribution in [0.3, 0.4) is 0 Å². The van der Waals surface area contributed by atoms with Crippen LogP contribution < -0.4 is 0 Å². The van der Waals surface area contributed by atoms with Gasteiger partial charge in [-0.15, -0.1) is 0 Å². The van der Waals surface area contributed by atoms with Gasteiger partial charge in [0.2, 0.25) is 0 Å². The molecule has 1 aromatic heterocycles. The summed E-state index contributed by atoms with van der Waals surface area (Å²) in [5, 5.41) is 0.667. The maximum Gasteiger partial charge on any atom is 0.315 e. The summed E-state index contributed by atoms with van der Waals surface area (Å²) in [6.07, 6.45) is 4.17. The third-order valence-electron chi connectivity index (χ3n) is 5.88. The Hall–Kier alpha value is -2.79. The summed E-state index contributed by atoms with van der Waals surface area (Å²) >= 11 is 6.03. The van der Waals surface area contributed by atoms with Crippen molar-refractivity contribution in [3.8, 4) is 0 Å². The van der Waals surface area contributed by atoms with E-state index in [0.29, 0.717) is 29.1 Å². The van der Waals surface area contributed by atoms with Gasteiger partial charge in [0.15, 0.2) is 5.78 Å². The molecule has 4 rings (SSSR count). The quantitative estimate of drug-likeness (QED) is 0.613. The van der Waals surface area contributed by atoms with Gasteiger partial charge in [-0.25, -0.2) is 0 Å². The van der Waals surface area contributed by atoms with Crippen molar-refractivity contribution in [3.05, 3.63) is 76.2 Å². The molecule has 0 N–H and O–H groups in total. The Balaban J connectivity index is 1.77. The molecule has 3 atom stereocenters. The van der Waals surface area contributed by atoms with Crippen LogP contribution in [0.5, 0.6) is 0 Å². The van der Waals surface area contributed by atoms with Gasteiger partial charge in [-0.3, -0.25) is 19.6 Å². The molecule has 5 nitrogen and oxygen atoms in total. The molecule has 31 heavy (non-hydrogen) atoms. The summed E-state index contributed by atoms with van der Waals surface area (Å²) in [5.74, 6) is -1.38. The fraction of sp³-hybridized carbons (Fsp3) is 0.360. The van der Waals surface area contributed by atoms with E-state index in [9.17, 15) is 9.59 Å². The Morgan fingerprint density at radius 2 is 1.87 bits per heavy atom. The highest BCUT2D eigenvalue weighted by molar-refractivity contribution is 6.30. The highest BCUT2D eigenvalue weighted by Gasteiger charge is 2.45. The second-order valence-electron chi connectivity index (χ2n) is 8.42. The second-order valence-corrected chi connectivity index (χ2v) is 8.86. The number of aliphatic imine (C=N–C) groups is 1. The molecule has 0 saturated heterocycles. The minimum Gasteiger partial charge on any atom is -0.462 e. The average molecular weight is 437 g/mol. The molecule has 0 amide bonds. The molecule has 1 unspecified atom stereocenters. The molecule has 0 fully saturated rings. The molecule has 0 saturated carbocycles. The van der Waals surface area contributed by atoms with Gasteiger partial charge in [0.1, 0.15) is 5.92 Å². The van der Waals surface area contributed by atoms with E-state index >= 15 is 0 Å². The highest BCUT2D eigenvalue weighted by Crippen LogP contribution is 2.46. The van der Waals surface area contributed by atoms with E-state index in [1.165, 1.54) is 0 Å². The minimum absolute atomic E-state index is 0.0219. The number of aromatic nitrogens is 1. The summed E-state index contributed by atoms with van der Waals surface area (Å²) < 4.78 is 5.54. The molecular formula is C25H25ClN2O3. The van der Waals surface area contributed by atoms with Crippen molar-refractivity contribution in [1.82, 2.24) is 4.98 Å². The first kappa shape index (κ1) is 21.4. The normalized spacial score (nSPS) is 23.5. The van der Waals surface area contributed by atoms with Gasteiger partial charge in [-0.2, -0.15) is 0 Å². The SMILES string of the molecule is CC1=NC2=C(C(=O)C[C@H](c3ccc(Cl)cc3)C2)[C@H](c2cccnc2)C1C(=O)OC(C)C. The lowest BCUT2D eigenvalue weighted by atomic mass is 9.69. The smallest absolute Gasteiger partial charge is 0.315 e. The van der Waals surface area contributed by atoms with Crippen LogP contribution in [0.15, 0.2) is 65.1 Å². The summed E-state index contributed by atoms with van der Waals surface area (Å²) in [6.45, 7) is 5.48. The molecule has 1 aliphatic carbocycles. The number of carbonyl (C=O) groups is 2. The van der Waals surface area contributed by atoms with E-state index in [2.05, 4.69) is 4.98 Å². The fourth-order valence-electron chi connectivity index (χ4n) is 4.56. The van der Waals surface area contributed by atoms with Crippen LogP contribution in [0.25, 0.3) is 0 Å². The second kappa shape index (κ2) is 8.75. The van der Waals surface area contributed by atoms with Gasteiger partial charge in [0.25, 0.3) is 0 Å². The van der Waals surface area contributed by atoms with Crippen LogP contribution in [-0.2, 0) is 14.3 Å². The summed E-state index contributed by atoms with van der Waals surface area (Å²) in [5.41, 5.74) is 3.94. The molecule has 2 aliphatic rings. The van der Waals surface area contributed by atoms with Crippen LogP contribution in [0, 0.1) is 5.92 Å². The van der Waals surface area contributed by atoms with E-state index in [4.69, 9.17) is 21.3 Å². The van der Waals surface area contributed by atoms with Crippen molar-refractivity contribution < 1.29 is 14.3 Å². The van der Waals surface area contributed by atoms with Gasteiger partial charge in [-0.05, 0) is 62.4 Å². The van der Waals surface area contributed by atoms with Crippen molar-refractivity contribution in [2.75, 3.05) is 0 Å². The van der Waals surface area contributed by atoms with Crippen LogP contribution >= 0.6 is 11.6 Å². The minimum atomic E-state index is -0.638. The van der Waals surface area contributed by atoms with E-state index in [0.717, 1.165) is 16.8 Å². The zero-order valence-electron chi connectivity index (χ0n) is 17.8. The monoisotopic (exact) mass is 436 g/mol. The van der Waals surface area contributed by atoms with Gasteiger partial charge in [0.05, 0.1) is 6.10 Å². The predicted octanol–water partition coefficient (Wildman–Crippen LogP) is 5.26. The molecule has 2 heterocycles. The Labute approximate surface area is 187 Å². The number of nitrogens with zero attached hydrogens (tertiary/aromatic N) is 2. The number of hydrogen-bond donors (Lipinski definition) is 0. The number of ketones is 1. The maximum atomic E-state index is 13.4. The van der Waals surface area contributed by atoms with Crippen LogP contribution in [0.4, 0.5) is 0 Å². The van der Waals surface area contributed by atoms with Crippen molar-refractivity contribution >= 4 is 29.1 Å². The van der Waals surface area contributed by atoms with Crippen molar-refractivity contribution in [1.29, 1.82) is 0 Å². The Morgan fingerprint density at radius 3 is 2.52 bits per heavy atom. The van der Waals surface area contributed by atoms with Gasteiger partial charge in [-0.1, -0.05) is 29.8 Å². The summed E-state index contributed by atoms with van der Waals surface area (Å²) in [4.78, 5) is 35.5. The van der Waals surface area contributed by atoms with Gasteiger partial charge >= 0.3 is 5.97 Å². The van der Waals surface area contributed by atoms with Crippen molar-refractivity contribution in [3.63, 3.8) is 0 Å². The first-order valence-corrected chi connectivity index (χ1v) is 10.9. The third kappa shape index (κ3) is 4.33. The van der Waals surface area contributed by atoms with E-state index in [1.807, 2.05) is 57.2 Å². The molecule has 0 radical (unpaired) electrons. The summed E-state index contributed by atoms with van der Waals surface area (Å²) in [7, 11) is 0. The molecule has 0 bridgehead atoms. The first-order chi connectivity index (χ1) is 14.8. The molecule has 6 heteroatoms. The maximum absolute atomic E-state index is 13.4. The largest absolute Gasteiger partial charge is 0.462 e. The molecule has 1 aromatic carbocycles. The van der Waals surface area contributed by atoms with Gasteiger partial charge < -0.3 is 4.74 Å². The van der Waals surface area contributed by atoms with E-state index in [-0.39, 0.29) is 23.8 Å².